The maximum atomic E-state index is 13.6. The Morgan fingerprint density at radius 1 is 0.960 bits per heavy atom. The highest BCUT2D eigenvalue weighted by Gasteiger charge is 2.27. The molecular weight excluding hydrogens is 350 g/mol. The third kappa shape index (κ3) is 3.54. The Balaban J connectivity index is 1.79. The van der Waals surface area contributed by atoms with Crippen LogP contribution in [0.5, 0.6) is 0 Å². The summed E-state index contributed by atoms with van der Waals surface area (Å²) in [7, 11) is -3.57. The molecule has 0 aromatic heterocycles. The van der Waals surface area contributed by atoms with E-state index >= 15 is 0 Å². The molecule has 1 aliphatic rings. The molecule has 2 aromatic rings. The number of benzene rings is 2. The van der Waals surface area contributed by atoms with Gasteiger partial charge in [-0.25, -0.2) is 17.2 Å². The Kier molecular flexibility index (Phi) is 4.82. The van der Waals surface area contributed by atoms with Crippen molar-refractivity contribution in [1.82, 2.24) is 4.31 Å². The highest BCUT2D eigenvalue weighted by atomic mass is 32.2. The molecule has 0 bridgehead atoms. The molecule has 0 atom stereocenters. The van der Waals surface area contributed by atoms with Gasteiger partial charge in [0.25, 0.3) is 5.91 Å². The van der Waals surface area contributed by atoms with Gasteiger partial charge in [-0.05, 0) is 49.2 Å². The van der Waals surface area contributed by atoms with Crippen molar-refractivity contribution >= 4 is 21.6 Å². The van der Waals surface area contributed by atoms with Crippen LogP contribution in [0.4, 0.5) is 14.5 Å². The van der Waals surface area contributed by atoms with Gasteiger partial charge in [0.05, 0.1) is 4.90 Å². The fourth-order valence-electron chi connectivity index (χ4n) is 2.66. The summed E-state index contributed by atoms with van der Waals surface area (Å²) in [5.41, 5.74) is -0.440. The summed E-state index contributed by atoms with van der Waals surface area (Å²) in [6.45, 7) is 0.967. The fourth-order valence-corrected chi connectivity index (χ4v) is 4.18. The van der Waals surface area contributed by atoms with E-state index in [4.69, 9.17) is 0 Å². The van der Waals surface area contributed by atoms with Crippen LogP contribution in [-0.2, 0) is 10.0 Å². The number of nitrogens with zero attached hydrogens (tertiary/aromatic N) is 1. The zero-order valence-corrected chi connectivity index (χ0v) is 14.0. The van der Waals surface area contributed by atoms with E-state index in [1.54, 1.807) is 0 Å². The second-order valence-corrected chi connectivity index (χ2v) is 7.62. The number of sulfonamides is 1. The molecule has 132 valence electrons. The van der Waals surface area contributed by atoms with Gasteiger partial charge < -0.3 is 5.32 Å². The minimum Gasteiger partial charge on any atom is -0.317 e. The van der Waals surface area contributed by atoms with E-state index in [0.717, 1.165) is 25.0 Å². The molecule has 0 radical (unpaired) electrons. The van der Waals surface area contributed by atoms with E-state index in [0.29, 0.717) is 13.1 Å². The lowest BCUT2D eigenvalue weighted by atomic mass is 10.2. The summed E-state index contributed by atoms with van der Waals surface area (Å²) in [6, 6.07) is 8.53. The minimum absolute atomic E-state index is 0.0861. The second kappa shape index (κ2) is 6.89. The molecule has 0 unspecified atom stereocenters. The van der Waals surface area contributed by atoms with Crippen molar-refractivity contribution in [2.75, 3.05) is 18.4 Å². The molecule has 0 saturated carbocycles. The van der Waals surface area contributed by atoms with Crippen molar-refractivity contribution in [3.63, 3.8) is 0 Å². The average Bonchev–Trinajstić information content (AvgIpc) is 3.14. The van der Waals surface area contributed by atoms with Crippen molar-refractivity contribution in [2.24, 2.45) is 0 Å². The van der Waals surface area contributed by atoms with Crippen LogP contribution in [0.15, 0.2) is 47.4 Å². The predicted octanol–water partition coefficient (Wildman–Crippen LogP) is 3.00. The normalized spacial score (nSPS) is 15.3. The zero-order valence-electron chi connectivity index (χ0n) is 13.2. The Morgan fingerprint density at radius 3 is 2.08 bits per heavy atom. The van der Waals surface area contributed by atoms with Gasteiger partial charge in [0.1, 0.15) is 17.3 Å². The molecule has 1 aliphatic heterocycles. The number of carbonyl (C=O) groups excluding carboxylic acids is 1. The minimum atomic E-state index is -3.57. The van der Waals surface area contributed by atoms with Crippen LogP contribution in [0.2, 0.25) is 0 Å². The first-order chi connectivity index (χ1) is 11.9. The van der Waals surface area contributed by atoms with Crippen LogP contribution < -0.4 is 5.32 Å². The van der Waals surface area contributed by atoms with Crippen molar-refractivity contribution in [3.8, 4) is 0 Å². The summed E-state index contributed by atoms with van der Waals surface area (Å²) in [4.78, 5) is 12.2. The lowest BCUT2D eigenvalue weighted by molar-refractivity contribution is 0.102. The van der Waals surface area contributed by atoms with E-state index < -0.39 is 33.3 Å². The summed E-state index contributed by atoms with van der Waals surface area (Å²) in [6.07, 6.45) is 1.65. The first-order valence-corrected chi connectivity index (χ1v) is 9.19. The lowest BCUT2D eigenvalue weighted by Gasteiger charge is -2.15. The first kappa shape index (κ1) is 17.5. The standard InChI is InChI=1S/C17H16F2N2O3S/c18-14-4-3-5-15(19)16(14)20-17(22)12-6-8-13(9-7-12)25(23,24)21-10-1-2-11-21/h3-9H,1-2,10-11H2,(H,20,22). The van der Waals surface area contributed by atoms with Crippen LogP contribution in [0, 0.1) is 11.6 Å². The van der Waals surface area contributed by atoms with Crippen LogP contribution in [-0.4, -0.2) is 31.7 Å². The van der Waals surface area contributed by atoms with E-state index in [1.165, 1.54) is 34.6 Å². The predicted molar refractivity (Wildman–Crippen MR) is 88.7 cm³/mol. The van der Waals surface area contributed by atoms with Gasteiger partial charge in [-0.15, -0.1) is 0 Å². The molecule has 1 saturated heterocycles. The number of para-hydroxylation sites is 1. The Bertz CT molecular complexity index is 872. The van der Waals surface area contributed by atoms with E-state index in [9.17, 15) is 22.0 Å². The summed E-state index contributed by atoms with van der Waals surface area (Å²) >= 11 is 0. The second-order valence-electron chi connectivity index (χ2n) is 5.69. The molecule has 8 heteroatoms. The van der Waals surface area contributed by atoms with Gasteiger partial charge in [-0.3, -0.25) is 4.79 Å². The van der Waals surface area contributed by atoms with Crippen molar-refractivity contribution in [2.45, 2.75) is 17.7 Å². The van der Waals surface area contributed by atoms with Gasteiger partial charge in [0, 0.05) is 18.7 Å². The molecule has 3 rings (SSSR count). The molecule has 25 heavy (non-hydrogen) atoms. The molecule has 1 heterocycles. The van der Waals surface area contributed by atoms with Gasteiger partial charge in [0.2, 0.25) is 10.0 Å². The Morgan fingerprint density at radius 2 is 1.52 bits per heavy atom. The van der Waals surface area contributed by atoms with Crippen LogP contribution in [0.25, 0.3) is 0 Å². The molecule has 1 fully saturated rings. The first-order valence-electron chi connectivity index (χ1n) is 7.75. The van der Waals surface area contributed by atoms with Gasteiger partial charge in [-0.1, -0.05) is 6.07 Å². The van der Waals surface area contributed by atoms with Crippen molar-refractivity contribution < 1.29 is 22.0 Å². The molecule has 0 spiro atoms. The molecular formula is C17H16F2N2O3S. The van der Waals surface area contributed by atoms with Crippen molar-refractivity contribution in [1.29, 1.82) is 0 Å². The van der Waals surface area contributed by atoms with Crippen LogP contribution in [0.1, 0.15) is 23.2 Å². The number of halogens is 2. The van der Waals surface area contributed by atoms with Gasteiger partial charge in [-0.2, -0.15) is 4.31 Å². The maximum absolute atomic E-state index is 13.6. The third-order valence-corrected chi connectivity index (χ3v) is 5.93. The number of nitrogens with one attached hydrogen (secondary N) is 1. The summed E-state index contributed by atoms with van der Waals surface area (Å²) in [5, 5.41) is 2.16. The number of amides is 1. The molecule has 0 aliphatic carbocycles. The quantitative estimate of drug-likeness (QED) is 0.905. The number of carbonyl (C=O) groups is 1. The largest absolute Gasteiger partial charge is 0.317 e. The number of rotatable bonds is 4. The number of hydrogen-bond acceptors (Lipinski definition) is 3. The Labute approximate surface area is 144 Å². The van der Waals surface area contributed by atoms with E-state index in [1.807, 2.05) is 0 Å². The van der Waals surface area contributed by atoms with Crippen LogP contribution in [0.3, 0.4) is 0 Å². The summed E-state index contributed by atoms with van der Waals surface area (Å²) in [5.74, 6) is -2.50. The monoisotopic (exact) mass is 366 g/mol. The zero-order chi connectivity index (χ0) is 18.0. The molecule has 1 N–H and O–H groups in total. The topological polar surface area (TPSA) is 66.5 Å². The van der Waals surface area contributed by atoms with Gasteiger partial charge >= 0.3 is 0 Å². The highest BCUT2D eigenvalue weighted by Crippen LogP contribution is 2.22. The SMILES string of the molecule is O=C(Nc1c(F)cccc1F)c1ccc(S(=O)(=O)N2CCCC2)cc1. The van der Waals surface area contributed by atoms with E-state index in [-0.39, 0.29) is 10.5 Å². The number of hydrogen-bond donors (Lipinski definition) is 1. The van der Waals surface area contributed by atoms with Crippen molar-refractivity contribution in [3.05, 3.63) is 59.7 Å². The number of anilines is 1. The Hall–Kier alpha value is -2.32. The van der Waals surface area contributed by atoms with Crippen LogP contribution >= 0.6 is 0 Å². The lowest BCUT2D eigenvalue weighted by Crippen LogP contribution is -2.27. The smallest absolute Gasteiger partial charge is 0.255 e. The average molecular weight is 366 g/mol. The summed E-state index contributed by atoms with van der Waals surface area (Å²) < 4.78 is 53.4. The fraction of sp³-hybridized carbons (Fsp3) is 0.235. The molecule has 1 amide bonds. The molecule has 5 nitrogen and oxygen atoms in total. The maximum Gasteiger partial charge on any atom is 0.255 e. The van der Waals surface area contributed by atoms with E-state index in [2.05, 4.69) is 5.32 Å². The highest BCUT2D eigenvalue weighted by molar-refractivity contribution is 7.89. The third-order valence-electron chi connectivity index (χ3n) is 4.02. The van der Waals surface area contributed by atoms with Gasteiger partial charge in [0.15, 0.2) is 0 Å². The molecule has 2 aromatic carbocycles.